The first-order valence-corrected chi connectivity index (χ1v) is 7.79. The number of hydrogen-bond donors (Lipinski definition) is 2. The van der Waals surface area contributed by atoms with E-state index < -0.39 is 0 Å². The van der Waals surface area contributed by atoms with Crippen LogP contribution < -0.4 is 5.32 Å². The van der Waals surface area contributed by atoms with E-state index in [0.717, 1.165) is 25.1 Å². The van der Waals surface area contributed by atoms with Crippen molar-refractivity contribution in [2.75, 3.05) is 13.2 Å². The largest absolute Gasteiger partial charge is 0.396 e. The molecule has 2 N–H and O–H groups in total. The van der Waals surface area contributed by atoms with E-state index in [2.05, 4.69) is 24.1 Å². The van der Waals surface area contributed by atoms with Crippen molar-refractivity contribution in [1.82, 2.24) is 10.3 Å². The zero-order valence-electron chi connectivity index (χ0n) is 11.4. The maximum Gasteiger partial charge on any atom is 0.0798 e. The van der Waals surface area contributed by atoms with Crippen molar-refractivity contribution in [3.8, 4) is 0 Å². The predicted octanol–water partition coefficient (Wildman–Crippen LogP) is 3.04. The van der Waals surface area contributed by atoms with Crippen molar-refractivity contribution in [2.24, 2.45) is 5.41 Å². The maximum atomic E-state index is 9.69. The van der Waals surface area contributed by atoms with Crippen LogP contribution in [0.15, 0.2) is 5.51 Å². The highest BCUT2D eigenvalue weighted by molar-refractivity contribution is 7.09. The molecule has 1 aromatic rings. The number of aliphatic hydroxyl groups excluding tert-OH is 1. The third-order valence-corrected chi connectivity index (χ3v) is 5.32. The van der Waals surface area contributed by atoms with E-state index in [0.29, 0.717) is 12.6 Å². The summed E-state index contributed by atoms with van der Waals surface area (Å²) in [5, 5.41) is 13.3. The van der Waals surface area contributed by atoms with Gasteiger partial charge in [0.05, 0.1) is 11.2 Å². The molecule has 3 nitrogen and oxygen atoms in total. The van der Waals surface area contributed by atoms with Gasteiger partial charge in [-0.1, -0.05) is 19.3 Å². The Morgan fingerprint density at radius 3 is 2.72 bits per heavy atom. The molecule has 0 saturated heterocycles. The van der Waals surface area contributed by atoms with Crippen molar-refractivity contribution < 1.29 is 5.11 Å². The van der Waals surface area contributed by atoms with E-state index in [9.17, 15) is 5.11 Å². The van der Waals surface area contributed by atoms with Gasteiger partial charge < -0.3 is 10.4 Å². The average molecular weight is 268 g/mol. The third kappa shape index (κ3) is 3.11. The van der Waals surface area contributed by atoms with Gasteiger partial charge in [-0.3, -0.25) is 0 Å². The van der Waals surface area contributed by atoms with Gasteiger partial charge in [-0.05, 0) is 26.7 Å². The Bertz CT molecular complexity index is 372. The number of thiazole rings is 1. The fourth-order valence-corrected chi connectivity index (χ4v) is 3.72. The molecule has 0 spiro atoms. The molecule has 1 atom stereocenters. The minimum Gasteiger partial charge on any atom is -0.396 e. The van der Waals surface area contributed by atoms with Crippen molar-refractivity contribution in [2.45, 2.75) is 52.0 Å². The van der Waals surface area contributed by atoms with Crippen LogP contribution in [-0.2, 0) is 0 Å². The molecule has 1 fully saturated rings. The van der Waals surface area contributed by atoms with Crippen molar-refractivity contribution >= 4 is 11.3 Å². The van der Waals surface area contributed by atoms with Crippen LogP contribution in [0.4, 0.5) is 0 Å². The van der Waals surface area contributed by atoms with E-state index >= 15 is 0 Å². The Balaban J connectivity index is 1.92. The molecule has 1 saturated carbocycles. The van der Waals surface area contributed by atoms with E-state index in [1.165, 1.54) is 24.1 Å². The number of nitrogens with zero attached hydrogens (tertiary/aromatic N) is 1. The smallest absolute Gasteiger partial charge is 0.0798 e. The van der Waals surface area contributed by atoms with Gasteiger partial charge in [-0.15, -0.1) is 11.3 Å². The quantitative estimate of drug-likeness (QED) is 0.862. The van der Waals surface area contributed by atoms with Crippen molar-refractivity contribution in [1.29, 1.82) is 0 Å². The standard InChI is InChI=1S/C14H24N2OS/c1-11(13-12(2)16-10-18-13)15-8-14(9-17)6-4-3-5-7-14/h10-11,15,17H,3-9H2,1-2H3. The molecule has 0 aliphatic heterocycles. The molecule has 0 amide bonds. The Morgan fingerprint density at radius 1 is 1.44 bits per heavy atom. The van der Waals surface area contributed by atoms with Crippen LogP contribution in [0.25, 0.3) is 0 Å². The summed E-state index contributed by atoms with van der Waals surface area (Å²) in [4.78, 5) is 5.62. The lowest BCUT2D eigenvalue weighted by Gasteiger charge is -2.36. The normalized spacial score (nSPS) is 20.8. The van der Waals surface area contributed by atoms with Crippen LogP contribution in [0.5, 0.6) is 0 Å². The second kappa shape index (κ2) is 6.13. The highest BCUT2D eigenvalue weighted by atomic mass is 32.1. The minimum atomic E-state index is 0.116. The number of rotatable bonds is 5. The summed E-state index contributed by atoms with van der Waals surface area (Å²) < 4.78 is 0. The van der Waals surface area contributed by atoms with Crippen molar-refractivity contribution in [3.63, 3.8) is 0 Å². The molecule has 2 rings (SSSR count). The van der Waals surface area contributed by atoms with Gasteiger partial charge >= 0.3 is 0 Å². The second-order valence-electron chi connectivity index (χ2n) is 5.62. The Labute approximate surface area is 114 Å². The summed E-state index contributed by atoms with van der Waals surface area (Å²) in [6.45, 7) is 5.48. The fraction of sp³-hybridized carbons (Fsp3) is 0.786. The molecule has 0 aromatic carbocycles. The number of hydrogen-bond acceptors (Lipinski definition) is 4. The van der Waals surface area contributed by atoms with Crippen LogP contribution in [0.1, 0.15) is 55.6 Å². The van der Waals surface area contributed by atoms with E-state index in [4.69, 9.17) is 0 Å². The molecule has 0 radical (unpaired) electrons. The topological polar surface area (TPSA) is 45.2 Å². The Morgan fingerprint density at radius 2 is 2.17 bits per heavy atom. The summed E-state index contributed by atoms with van der Waals surface area (Å²) in [7, 11) is 0. The van der Waals surface area contributed by atoms with Gasteiger partial charge in [0.1, 0.15) is 0 Å². The van der Waals surface area contributed by atoms with Crippen LogP contribution in [0.2, 0.25) is 0 Å². The van der Waals surface area contributed by atoms with Gasteiger partial charge in [0, 0.05) is 29.5 Å². The molecular formula is C14H24N2OS. The minimum absolute atomic E-state index is 0.116. The van der Waals surface area contributed by atoms with Crippen LogP contribution in [0, 0.1) is 12.3 Å². The average Bonchev–Trinajstić information content (AvgIpc) is 2.83. The van der Waals surface area contributed by atoms with Gasteiger partial charge in [0.2, 0.25) is 0 Å². The molecule has 1 aliphatic rings. The highest BCUT2D eigenvalue weighted by Crippen LogP contribution is 2.36. The molecule has 102 valence electrons. The maximum absolute atomic E-state index is 9.69. The molecule has 4 heteroatoms. The first kappa shape index (κ1) is 14.0. The molecule has 1 heterocycles. The summed E-state index contributed by atoms with van der Waals surface area (Å²) in [6, 6.07) is 0.336. The van der Waals surface area contributed by atoms with Crippen LogP contribution in [-0.4, -0.2) is 23.2 Å². The number of aromatic nitrogens is 1. The summed E-state index contributed by atoms with van der Waals surface area (Å²) in [5.74, 6) is 0. The van der Waals surface area contributed by atoms with Gasteiger partial charge in [-0.25, -0.2) is 4.98 Å². The molecule has 1 unspecified atom stereocenters. The van der Waals surface area contributed by atoms with Crippen molar-refractivity contribution in [3.05, 3.63) is 16.1 Å². The number of nitrogens with one attached hydrogen (secondary N) is 1. The molecule has 0 bridgehead atoms. The Kier molecular flexibility index (Phi) is 4.76. The van der Waals surface area contributed by atoms with Gasteiger partial charge in [0.15, 0.2) is 0 Å². The third-order valence-electron chi connectivity index (χ3n) is 4.21. The summed E-state index contributed by atoms with van der Waals surface area (Å²) in [6.07, 6.45) is 6.16. The monoisotopic (exact) mass is 268 g/mol. The van der Waals surface area contributed by atoms with E-state index in [-0.39, 0.29) is 5.41 Å². The summed E-state index contributed by atoms with van der Waals surface area (Å²) >= 11 is 1.71. The first-order chi connectivity index (χ1) is 8.67. The molecule has 1 aromatic heterocycles. The predicted molar refractivity (Wildman–Crippen MR) is 75.9 cm³/mol. The van der Waals surface area contributed by atoms with Crippen LogP contribution in [0.3, 0.4) is 0 Å². The number of aliphatic hydroxyl groups is 1. The van der Waals surface area contributed by atoms with E-state index in [1.54, 1.807) is 11.3 Å². The number of aryl methyl sites for hydroxylation is 1. The lowest BCUT2D eigenvalue weighted by molar-refractivity contribution is 0.0789. The summed E-state index contributed by atoms with van der Waals surface area (Å²) in [5.41, 5.74) is 3.15. The fourth-order valence-electron chi connectivity index (χ4n) is 2.88. The van der Waals surface area contributed by atoms with E-state index in [1.807, 2.05) is 5.51 Å². The van der Waals surface area contributed by atoms with Gasteiger partial charge in [0.25, 0.3) is 0 Å². The SMILES string of the molecule is Cc1ncsc1C(C)NCC1(CO)CCCCC1. The second-order valence-corrected chi connectivity index (χ2v) is 6.51. The molecular weight excluding hydrogens is 244 g/mol. The molecule has 18 heavy (non-hydrogen) atoms. The van der Waals surface area contributed by atoms with Gasteiger partial charge in [-0.2, -0.15) is 0 Å². The Hall–Kier alpha value is -0.450. The lowest BCUT2D eigenvalue weighted by Crippen LogP contribution is -2.39. The first-order valence-electron chi connectivity index (χ1n) is 6.91. The zero-order valence-corrected chi connectivity index (χ0v) is 12.2. The highest BCUT2D eigenvalue weighted by Gasteiger charge is 2.31. The zero-order chi connectivity index (χ0) is 13.0. The van der Waals surface area contributed by atoms with Crippen LogP contribution >= 0.6 is 11.3 Å². The lowest BCUT2D eigenvalue weighted by atomic mass is 9.74. The molecule has 1 aliphatic carbocycles.